The lowest BCUT2D eigenvalue weighted by Gasteiger charge is -2.25. The second-order valence-electron chi connectivity index (χ2n) is 4.76. The second kappa shape index (κ2) is 5.48. The summed E-state index contributed by atoms with van der Waals surface area (Å²) in [6, 6.07) is 6.01. The third-order valence-corrected chi connectivity index (χ3v) is 3.33. The Morgan fingerprint density at radius 1 is 1.44 bits per heavy atom. The number of benzene rings is 1. The fourth-order valence-corrected chi connectivity index (χ4v) is 2.21. The number of nitrogens with two attached hydrogens (primary N) is 1. The molecule has 0 saturated carbocycles. The zero-order chi connectivity index (χ0) is 13.1. The van der Waals surface area contributed by atoms with Gasteiger partial charge in [0.1, 0.15) is 12.0 Å². The van der Waals surface area contributed by atoms with Gasteiger partial charge in [-0.05, 0) is 30.5 Å². The molecule has 0 bridgehead atoms. The third-order valence-electron chi connectivity index (χ3n) is 3.33. The van der Waals surface area contributed by atoms with E-state index in [-0.39, 0.29) is 11.9 Å². The van der Waals surface area contributed by atoms with Crippen LogP contribution >= 0.6 is 0 Å². The van der Waals surface area contributed by atoms with E-state index in [4.69, 9.17) is 5.73 Å². The van der Waals surface area contributed by atoms with E-state index in [2.05, 4.69) is 6.58 Å². The van der Waals surface area contributed by atoms with Crippen LogP contribution in [0.2, 0.25) is 0 Å². The molecule has 1 fully saturated rings. The summed E-state index contributed by atoms with van der Waals surface area (Å²) in [7, 11) is 0. The standard InChI is InChI=1S/C14H18F2N2/c1-10(18-7-6-13(16)9-18)14(17)8-11-2-4-12(15)5-3-11/h2-5,13-14H,1,6-9,17H2/t13-,14+/m0/s1. The summed E-state index contributed by atoms with van der Waals surface area (Å²) in [6.07, 6.45) is 0.356. The fraction of sp³-hybridized carbons (Fsp3) is 0.429. The Hall–Kier alpha value is -1.42. The van der Waals surface area contributed by atoms with Crippen molar-refractivity contribution < 1.29 is 8.78 Å². The molecule has 2 nitrogen and oxygen atoms in total. The van der Waals surface area contributed by atoms with Crippen molar-refractivity contribution in [2.24, 2.45) is 5.73 Å². The molecule has 2 rings (SSSR count). The molecule has 4 heteroatoms. The maximum absolute atomic E-state index is 13.1. The Kier molecular flexibility index (Phi) is 3.97. The van der Waals surface area contributed by atoms with Crippen molar-refractivity contribution in [3.8, 4) is 0 Å². The molecule has 1 heterocycles. The molecule has 1 aromatic rings. The van der Waals surface area contributed by atoms with E-state index in [1.807, 2.05) is 4.90 Å². The quantitative estimate of drug-likeness (QED) is 0.890. The van der Waals surface area contributed by atoms with Gasteiger partial charge in [-0.3, -0.25) is 0 Å². The van der Waals surface area contributed by atoms with Gasteiger partial charge in [-0.15, -0.1) is 0 Å². The third kappa shape index (κ3) is 3.07. The zero-order valence-corrected chi connectivity index (χ0v) is 10.3. The molecule has 1 aromatic carbocycles. The van der Waals surface area contributed by atoms with Crippen LogP contribution in [-0.4, -0.2) is 30.2 Å². The topological polar surface area (TPSA) is 29.3 Å². The van der Waals surface area contributed by atoms with Crippen molar-refractivity contribution in [1.29, 1.82) is 0 Å². The van der Waals surface area contributed by atoms with Crippen molar-refractivity contribution >= 4 is 0 Å². The highest BCUT2D eigenvalue weighted by atomic mass is 19.1. The van der Waals surface area contributed by atoms with E-state index in [1.165, 1.54) is 12.1 Å². The summed E-state index contributed by atoms with van der Waals surface area (Å²) in [5.74, 6) is -0.258. The molecule has 2 atom stereocenters. The first-order valence-corrected chi connectivity index (χ1v) is 6.14. The fourth-order valence-electron chi connectivity index (χ4n) is 2.21. The molecule has 0 unspecified atom stereocenters. The molecule has 98 valence electrons. The molecule has 1 saturated heterocycles. The molecule has 0 aliphatic carbocycles. The van der Waals surface area contributed by atoms with Crippen molar-refractivity contribution in [1.82, 2.24) is 4.90 Å². The number of halogens is 2. The van der Waals surface area contributed by atoms with Gasteiger partial charge < -0.3 is 10.6 Å². The van der Waals surface area contributed by atoms with Gasteiger partial charge in [0, 0.05) is 24.8 Å². The summed E-state index contributed by atoms with van der Waals surface area (Å²) in [5, 5.41) is 0. The predicted octanol–water partition coefficient (Wildman–Crippen LogP) is 2.25. The maximum Gasteiger partial charge on any atom is 0.123 e. The molecule has 18 heavy (non-hydrogen) atoms. The number of rotatable bonds is 4. The molecule has 1 aliphatic heterocycles. The number of hydrogen-bond acceptors (Lipinski definition) is 2. The van der Waals surface area contributed by atoms with Crippen LogP contribution in [-0.2, 0) is 6.42 Å². The van der Waals surface area contributed by atoms with Crippen LogP contribution in [0, 0.1) is 5.82 Å². The monoisotopic (exact) mass is 252 g/mol. The Balaban J connectivity index is 1.93. The van der Waals surface area contributed by atoms with Gasteiger partial charge in [0.05, 0.1) is 0 Å². The first-order chi connectivity index (χ1) is 8.56. The van der Waals surface area contributed by atoms with Crippen LogP contribution in [0.25, 0.3) is 0 Å². The average molecular weight is 252 g/mol. The molecule has 0 spiro atoms. The lowest BCUT2D eigenvalue weighted by molar-refractivity contribution is 0.315. The van der Waals surface area contributed by atoms with Crippen LogP contribution in [0.4, 0.5) is 8.78 Å². The van der Waals surface area contributed by atoms with E-state index < -0.39 is 6.17 Å². The molecule has 0 radical (unpaired) electrons. The van der Waals surface area contributed by atoms with E-state index >= 15 is 0 Å². The first kappa shape index (κ1) is 13.0. The summed E-state index contributed by atoms with van der Waals surface area (Å²) in [5.41, 5.74) is 7.78. The van der Waals surface area contributed by atoms with Gasteiger partial charge in [-0.1, -0.05) is 18.7 Å². The largest absolute Gasteiger partial charge is 0.371 e. The van der Waals surface area contributed by atoms with Crippen molar-refractivity contribution in [2.75, 3.05) is 13.1 Å². The lowest BCUT2D eigenvalue weighted by Crippen LogP contribution is -2.35. The predicted molar refractivity (Wildman–Crippen MR) is 68.3 cm³/mol. The maximum atomic E-state index is 13.1. The number of hydrogen-bond donors (Lipinski definition) is 1. The van der Waals surface area contributed by atoms with Gasteiger partial charge in [-0.25, -0.2) is 8.78 Å². The van der Waals surface area contributed by atoms with Gasteiger partial charge in [-0.2, -0.15) is 0 Å². The highest BCUT2D eigenvalue weighted by Crippen LogP contribution is 2.19. The number of alkyl halides is 1. The molecule has 0 amide bonds. The number of likely N-dealkylation sites (tertiary alicyclic amines) is 1. The Morgan fingerprint density at radius 2 is 2.11 bits per heavy atom. The van der Waals surface area contributed by atoms with Crippen LogP contribution in [0.5, 0.6) is 0 Å². The smallest absolute Gasteiger partial charge is 0.123 e. The SMILES string of the molecule is C=C([C@H](N)Cc1ccc(F)cc1)N1CC[C@H](F)C1. The summed E-state index contributed by atoms with van der Waals surface area (Å²) >= 11 is 0. The highest BCUT2D eigenvalue weighted by molar-refractivity contribution is 5.20. The van der Waals surface area contributed by atoms with Crippen molar-refractivity contribution in [2.45, 2.75) is 25.1 Å². The normalized spacial score (nSPS) is 21.1. The van der Waals surface area contributed by atoms with Crippen LogP contribution in [0.3, 0.4) is 0 Å². The van der Waals surface area contributed by atoms with E-state index in [1.54, 1.807) is 12.1 Å². The summed E-state index contributed by atoms with van der Waals surface area (Å²) in [4.78, 5) is 1.90. The van der Waals surface area contributed by atoms with E-state index in [0.29, 0.717) is 25.9 Å². The molecule has 0 aromatic heterocycles. The minimum atomic E-state index is -0.778. The summed E-state index contributed by atoms with van der Waals surface area (Å²) < 4.78 is 25.9. The van der Waals surface area contributed by atoms with Crippen LogP contribution in [0.1, 0.15) is 12.0 Å². The van der Waals surface area contributed by atoms with Crippen LogP contribution in [0.15, 0.2) is 36.5 Å². The molecular weight excluding hydrogens is 234 g/mol. The second-order valence-corrected chi connectivity index (χ2v) is 4.76. The molecule has 1 aliphatic rings. The minimum Gasteiger partial charge on any atom is -0.371 e. The lowest BCUT2D eigenvalue weighted by atomic mass is 10.0. The van der Waals surface area contributed by atoms with Gasteiger partial charge >= 0.3 is 0 Å². The highest BCUT2D eigenvalue weighted by Gasteiger charge is 2.25. The Morgan fingerprint density at radius 3 is 2.67 bits per heavy atom. The van der Waals surface area contributed by atoms with Gasteiger partial charge in [0.2, 0.25) is 0 Å². The van der Waals surface area contributed by atoms with Crippen molar-refractivity contribution in [3.05, 3.63) is 47.9 Å². The zero-order valence-electron chi connectivity index (χ0n) is 10.3. The minimum absolute atomic E-state index is 0.249. The first-order valence-electron chi connectivity index (χ1n) is 6.14. The number of nitrogens with zero attached hydrogens (tertiary/aromatic N) is 1. The Labute approximate surface area is 106 Å². The molecule has 2 N–H and O–H groups in total. The Bertz CT molecular complexity index is 416. The van der Waals surface area contributed by atoms with Crippen LogP contribution < -0.4 is 5.73 Å². The molecular formula is C14H18F2N2. The van der Waals surface area contributed by atoms with E-state index in [9.17, 15) is 8.78 Å². The van der Waals surface area contributed by atoms with Gasteiger partial charge in [0.15, 0.2) is 0 Å². The van der Waals surface area contributed by atoms with Gasteiger partial charge in [0.25, 0.3) is 0 Å². The van der Waals surface area contributed by atoms with Crippen molar-refractivity contribution in [3.63, 3.8) is 0 Å². The van der Waals surface area contributed by atoms with E-state index in [0.717, 1.165) is 11.3 Å². The summed E-state index contributed by atoms with van der Waals surface area (Å²) in [6.45, 7) is 5.01. The average Bonchev–Trinajstić information content (AvgIpc) is 2.78.